The number of carbonyl (C=O) groups is 2. The van der Waals surface area contributed by atoms with Crippen LogP contribution in [0.15, 0.2) is 54.1 Å². The summed E-state index contributed by atoms with van der Waals surface area (Å²) in [4.78, 5) is 24.1. The Kier molecular flexibility index (Phi) is 3.93. The highest BCUT2D eigenvalue weighted by Gasteiger charge is 2.38. The van der Waals surface area contributed by atoms with Crippen molar-refractivity contribution < 1.29 is 23.5 Å². The van der Waals surface area contributed by atoms with E-state index >= 15 is 0 Å². The lowest BCUT2D eigenvalue weighted by atomic mass is 9.97. The molecule has 1 aliphatic heterocycles. The molecule has 0 unspecified atom stereocenters. The summed E-state index contributed by atoms with van der Waals surface area (Å²) < 4.78 is 24.2. The summed E-state index contributed by atoms with van der Waals surface area (Å²) in [5, 5.41) is 0. The van der Waals surface area contributed by atoms with Crippen molar-refractivity contribution >= 4 is 18.0 Å². The first-order chi connectivity index (χ1) is 11.4. The van der Waals surface area contributed by atoms with Crippen LogP contribution in [0.1, 0.15) is 19.4 Å². The molecule has 0 spiro atoms. The van der Waals surface area contributed by atoms with Gasteiger partial charge in [-0.05, 0) is 23.3 Å². The number of hydrogen-bond acceptors (Lipinski definition) is 4. The SMILES string of the molecule is CC1(C)OC(=O)C(=Cc2ccccc2-c2ccccc2F)C(=O)O1. The van der Waals surface area contributed by atoms with E-state index in [4.69, 9.17) is 9.47 Å². The van der Waals surface area contributed by atoms with Gasteiger partial charge in [0.25, 0.3) is 5.79 Å². The number of benzene rings is 2. The number of rotatable bonds is 2. The molecule has 1 saturated heterocycles. The van der Waals surface area contributed by atoms with Gasteiger partial charge in [0.2, 0.25) is 0 Å². The number of hydrogen-bond donors (Lipinski definition) is 0. The molecule has 0 aliphatic carbocycles. The second-order valence-electron chi connectivity index (χ2n) is 5.80. The van der Waals surface area contributed by atoms with E-state index in [-0.39, 0.29) is 5.57 Å². The van der Waals surface area contributed by atoms with Gasteiger partial charge in [-0.25, -0.2) is 14.0 Å². The monoisotopic (exact) mass is 326 g/mol. The minimum absolute atomic E-state index is 0.224. The number of carbonyl (C=O) groups excluding carboxylic acids is 2. The van der Waals surface area contributed by atoms with E-state index in [9.17, 15) is 14.0 Å². The Morgan fingerprint density at radius 3 is 2.04 bits per heavy atom. The summed E-state index contributed by atoms with van der Waals surface area (Å²) in [6.07, 6.45) is 1.36. The molecule has 2 aromatic carbocycles. The Morgan fingerprint density at radius 1 is 0.875 bits per heavy atom. The molecule has 1 fully saturated rings. The van der Waals surface area contributed by atoms with Gasteiger partial charge in [0.15, 0.2) is 0 Å². The van der Waals surface area contributed by atoms with Gasteiger partial charge in [-0.3, -0.25) is 0 Å². The maximum absolute atomic E-state index is 14.1. The largest absolute Gasteiger partial charge is 0.419 e. The van der Waals surface area contributed by atoms with Crippen LogP contribution in [-0.4, -0.2) is 17.7 Å². The molecule has 0 radical (unpaired) electrons. The average molecular weight is 326 g/mol. The van der Waals surface area contributed by atoms with Crippen molar-refractivity contribution in [3.63, 3.8) is 0 Å². The van der Waals surface area contributed by atoms with E-state index in [1.165, 1.54) is 26.0 Å². The van der Waals surface area contributed by atoms with E-state index in [2.05, 4.69) is 0 Å². The number of halogens is 1. The lowest BCUT2D eigenvalue weighted by molar-refractivity contribution is -0.222. The fourth-order valence-electron chi connectivity index (χ4n) is 2.48. The highest BCUT2D eigenvalue weighted by Crippen LogP contribution is 2.30. The third-order valence-electron chi connectivity index (χ3n) is 3.54. The van der Waals surface area contributed by atoms with Crippen molar-refractivity contribution in [1.29, 1.82) is 0 Å². The molecule has 122 valence electrons. The summed E-state index contributed by atoms with van der Waals surface area (Å²) in [6, 6.07) is 13.2. The standard InChI is InChI=1S/C19H15FO4/c1-19(2)23-17(21)15(18(22)24-19)11-12-7-3-4-8-13(12)14-9-5-6-10-16(14)20/h3-11H,1-2H3. The van der Waals surface area contributed by atoms with Gasteiger partial charge in [-0.15, -0.1) is 0 Å². The van der Waals surface area contributed by atoms with Crippen LogP contribution in [0.5, 0.6) is 0 Å². The molecule has 1 aliphatic rings. The fraction of sp³-hybridized carbons (Fsp3) is 0.158. The molecule has 0 N–H and O–H groups in total. The molecule has 0 atom stereocenters. The van der Waals surface area contributed by atoms with Crippen molar-refractivity contribution in [1.82, 2.24) is 0 Å². The second-order valence-corrected chi connectivity index (χ2v) is 5.80. The zero-order valence-electron chi connectivity index (χ0n) is 13.2. The lowest BCUT2D eigenvalue weighted by Gasteiger charge is -2.29. The first kappa shape index (κ1) is 15.9. The zero-order chi connectivity index (χ0) is 17.3. The molecule has 2 aromatic rings. The summed E-state index contributed by atoms with van der Waals surface area (Å²) in [5.41, 5.74) is 1.24. The normalized spacial score (nSPS) is 16.4. The molecule has 0 aromatic heterocycles. The van der Waals surface area contributed by atoms with Crippen LogP contribution in [0.4, 0.5) is 4.39 Å². The maximum Gasteiger partial charge on any atom is 0.348 e. The quantitative estimate of drug-likeness (QED) is 0.479. The second kappa shape index (κ2) is 5.92. The van der Waals surface area contributed by atoms with Gasteiger partial charge >= 0.3 is 11.9 Å². The van der Waals surface area contributed by atoms with Crippen molar-refractivity contribution in [2.24, 2.45) is 0 Å². The number of cyclic esters (lactones) is 2. The molecule has 5 heteroatoms. The summed E-state index contributed by atoms with van der Waals surface area (Å²) in [6.45, 7) is 2.96. The van der Waals surface area contributed by atoms with Gasteiger partial charge < -0.3 is 9.47 Å². The average Bonchev–Trinajstić information content (AvgIpc) is 2.51. The van der Waals surface area contributed by atoms with Crippen molar-refractivity contribution in [3.8, 4) is 11.1 Å². The third kappa shape index (κ3) is 3.06. The van der Waals surface area contributed by atoms with Crippen LogP contribution in [0.3, 0.4) is 0 Å². The molecule has 4 nitrogen and oxygen atoms in total. The Balaban J connectivity index is 2.07. The van der Waals surface area contributed by atoms with Gasteiger partial charge in [0, 0.05) is 19.4 Å². The van der Waals surface area contributed by atoms with E-state index in [1.807, 2.05) is 0 Å². The number of ether oxygens (including phenoxy) is 2. The van der Waals surface area contributed by atoms with E-state index < -0.39 is 23.5 Å². The molecular formula is C19H15FO4. The molecule has 0 bridgehead atoms. The molecular weight excluding hydrogens is 311 g/mol. The minimum atomic E-state index is -1.30. The molecule has 24 heavy (non-hydrogen) atoms. The summed E-state index contributed by atoms with van der Waals surface area (Å²) in [7, 11) is 0. The number of esters is 2. The highest BCUT2D eigenvalue weighted by atomic mass is 19.1. The van der Waals surface area contributed by atoms with Crippen LogP contribution in [0, 0.1) is 5.82 Å². The zero-order valence-corrected chi connectivity index (χ0v) is 13.2. The van der Waals surface area contributed by atoms with E-state index in [1.54, 1.807) is 42.5 Å². The van der Waals surface area contributed by atoms with Crippen molar-refractivity contribution in [3.05, 3.63) is 65.5 Å². The van der Waals surface area contributed by atoms with Crippen LogP contribution in [0.2, 0.25) is 0 Å². The van der Waals surface area contributed by atoms with E-state index in [0.717, 1.165) is 0 Å². The van der Waals surface area contributed by atoms with Gasteiger partial charge in [-0.2, -0.15) is 0 Å². The summed E-state index contributed by atoms with van der Waals surface area (Å²) >= 11 is 0. The minimum Gasteiger partial charge on any atom is -0.419 e. The Bertz CT molecular complexity index is 830. The fourth-order valence-corrected chi connectivity index (χ4v) is 2.48. The van der Waals surface area contributed by atoms with Crippen molar-refractivity contribution in [2.45, 2.75) is 19.6 Å². The molecule has 3 rings (SSSR count). The van der Waals surface area contributed by atoms with Crippen LogP contribution in [-0.2, 0) is 19.1 Å². The Hall–Kier alpha value is -2.95. The maximum atomic E-state index is 14.1. The molecule has 0 amide bonds. The van der Waals surface area contributed by atoms with Crippen LogP contribution in [0.25, 0.3) is 17.2 Å². The van der Waals surface area contributed by atoms with Crippen LogP contribution < -0.4 is 0 Å². The van der Waals surface area contributed by atoms with Gasteiger partial charge in [0.05, 0.1) is 0 Å². The highest BCUT2D eigenvalue weighted by molar-refractivity contribution is 6.19. The van der Waals surface area contributed by atoms with E-state index in [0.29, 0.717) is 16.7 Å². The smallest absolute Gasteiger partial charge is 0.348 e. The van der Waals surface area contributed by atoms with Gasteiger partial charge in [0.1, 0.15) is 11.4 Å². The molecule has 1 heterocycles. The first-order valence-electron chi connectivity index (χ1n) is 7.40. The predicted octanol–water partition coefficient (Wildman–Crippen LogP) is 3.71. The van der Waals surface area contributed by atoms with Crippen LogP contribution >= 0.6 is 0 Å². The summed E-state index contributed by atoms with van der Waals surface area (Å²) in [5.74, 6) is -3.21. The molecule has 0 saturated carbocycles. The first-order valence-corrected chi connectivity index (χ1v) is 7.40. The lowest BCUT2D eigenvalue weighted by Crippen LogP contribution is -2.41. The van der Waals surface area contributed by atoms with Gasteiger partial charge in [-0.1, -0.05) is 42.5 Å². The topological polar surface area (TPSA) is 52.6 Å². The van der Waals surface area contributed by atoms with Crippen molar-refractivity contribution in [2.75, 3.05) is 0 Å². The third-order valence-corrected chi connectivity index (χ3v) is 3.54. The Labute approximate surface area is 138 Å². The predicted molar refractivity (Wildman–Crippen MR) is 86.1 cm³/mol. The Morgan fingerprint density at radius 2 is 1.42 bits per heavy atom.